The Balaban J connectivity index is 2.46. The summed E-state index contributed by atoms with van der Waals surface area (Å²) in [6.45, 7) is 3.06. The van der Waals surface area contributed by atoms with E-state index in [0.717, 1.165) is 0 Å². The largest absolute Gasteiger partial charge is 0.460 e. The summed E-state index contributed by atoms with van der Waals surface area (Å²) in [4.78, 5) is 22.7. The van der Waals surface area contributed by atoms with Crippen LogP contribution in [0.1, 0.15) is 17.3 Å². The molecule has 19 heavy (non-hydrogen) atoms. The number of anilines is 1. The molecule has 1 amide bonds. The van der Waals surface area contributed by atoms with Crippen LogP contribution < -0.4 is 5.32 Å². The molecule has 0 saturated heterocycles. The zero-order chi connectivity index (χ0) is 14.1. The molecular formula is C13H16ClNO4. The molecule has 0 saturated carbocycles. The van der Waals surface area contributed by atoms with Crippen LogP contribution >= 0.6 is 11.6 Å². The second-order valence-electron chi connectivity index (χ2n) is 3.59. The Morgan fingerprint density at radius 3 is 2.47 bits per heavy atom. The highest BCUT2D eigenvalue weighted by Crippen LogP contribution is 2.10. The van der Waals surface area contributed by atoms with Crippen LogP contribution in [0.5, 0.6) is 0 Å². The van der Waals surface area contributed by atoms with Crippen LogP contribution in [-0.4, -0.2) is 37.6 Å². The number of alkyl halides is 1. The predicted molar refractivity (Wildman–Crippen MR) is 72.6 cm³/mol. The van der Waals surface area contributed by atoms with Crippen molar-refractivity contribution in [2.45, 2.75) is 6.92 Å². The Morgan fingerprint density at radius 2 is 1.89 bits per heavy atom. The fourth-order valence-electron chi connectivity index (χ4n) is 1.31. The Labute approximate surface area is 116 Å². The monoisotopic (exact) mass is 285 g/mol. The molecule has 0 atom stereocenters. The summed E-state index contributed by atoms with van der Waals surface area (Å²) in [6.07, 6.45) is 0. The average molecular weight is 286 g/mol. The fourth-order valence-corrected chi connectivity index (χ4v) is 1.37. The number of amides is 1. The van der Waals surface area contributed by atoms with Gasteiger partial charge in [-0.1, -0.05) is 0 Å². The molecule has 0 aromatic heterocycles. The molecule has 1 rings (SSSR count). The summed E-state index contributed by atoms with van der Waals surface area (Å²) < 4.78 is 10.1. The van der Waals surface area contributed by atoms with Crippen LogP contribution in [0.3, 0.4) is 0 Å². The number of carbonyl (C=O) groups excluding carboxylic acids is 2. The van der Waals surface area contributed by atoms with Crippen molar-refractivity contribution >= 4 is 29.2 Å². The average Bonchev–Trinajstić information content (AvgIpc) is 2.44. The van der Waals surface area contributed by atoms with Gasteiger partial charge < -0.3 is 14.8 Å². The Bertz CT molecular complexity index is 419. The molecule has 104 valence electrons. The first-order valence-corrected chi connectivity index (χ1v) is 6.41. The van der Waals surface area contributed by atoms with Crippen LogP contribution in [0.4, 0.5) is 5.69 Å². The SMILES string of the molecule is CCOCCOC(=O)c1ccc(NC(=O)CCl)cc1. The number of nitrogens with one attached hydrogen (secondary N) is 1. The maximum Gasteiger partial charge on any atom is 0.338 e. The van der Waals surface area contributed by atoms with E-state index in [-0.39, 0.29) is 18.4 Å². The van der Waals surface area contributed by atoms with E-state index in [0.29, 0.717) is 24.5 Å². The number of carbonyl (C=O) groups is 2. The lowest BCUT2D eigenvalue weighted by Crippen LogP contribution is -2.13. The zero-order valence-corrected chi connectivity index (χ0v) is 11.4. The van der Waals surface area contributed by atoms with Gasteiger partial charge in [-0.05, 0) is 31.2 Å². The third-order valence-electron chi connectivity index (χ3n) is 2.19. The topological polar surface area (TPSA) is 64.6 Å². The van der Waals surface area contributed by atoms with Gasteiger partial charge >= 0.3 is 5.97 Å². The van der Waals surface area contributed by atoms with Gasteiger partial charge in [-0.25, -0.2) is 4.79 Å². The number of benzene rings is 1. The molecule has 1 aromatic carbocycles. The van der Waals surface area contributed by atoms with E-state index in [9.17, 15) is 9.59 Å². The quantitative estimate of drug-likeness (QED) is 0.473. The third-order valence-corrected chi connectivity index (χ3v) is 2.43. The second-order valence-corrected chi connectivity index (χ2v) is 3.86. The zero-order valence-electron chi connectivity index (χ0n) is 10.6. The van der Waals surface area contributed by atoms with Gasteiger partial charge in [-0.3, -0.25) is 4.79 Å². The minimum absolute atomic E-state index is 0.110. The summed E-state index contributed by atoms with van der Waals surface area (Å²) in [5.74, 6) is -0.829. The van der Waals surface area contributed by atoms with Crippen molar-refractivity contribution < 1.29 is 19.1 Å². The van der Waals surface area contributed by atoms with Crippen molar-refractivity contribution in [2.75, 3.05) is 31.0 Å². The van der Waals surface area contributed by atoms with E-state index in [2.05, 4.69) is 5.32 Å². The summed E-state index contributed by atoms with van der Waals surface area (Å²) >= 11 is 5.37. The van der Waals surface area contributed by atoms with Crippen molar-refractivity contribution in [3.05, 3.63) is 29.8 Å². The van der Waals surface area contributed by atoms with E-state index >= 15 is 0 Å². The van der Waals surface area contributed by atoms with Gasteiger partial charge in [0.25, 0.3) is 0 Å². The molecule has 0 spiro atoms. The number of ether oxygens (including phenoxy) is 2. The maximum absolute atomic E-state index is 11.6. The lowest BCUT2D eigenvalue weighted by molar-refractivity contribution is -0.113. The van der Waals surface area contributed by atoms with Crippen LogP contribution in [0.15, 0.2) is 24.3 Å². The Hall–Kier alpha value is -1.59. The van der Waals surface area contributed by atoms with E-state index < -0.39 is 5.97 Å². The van der Waals surface area contributed by atoms with Gasteiger partial charge in [-0.15, -0.1) is 11.6 Å². The highest BCUT2D eigenvalue weighted by Gasteiger charge is 2.07. The molecule has 0 unspecified atom stereocenters. The highest BCUT2D eigenvalue weighted by molar-refractivity contribution is 6.29. The second kappa shape index (κ2) is 8.50. The summed E-state index contributed by atoms with van der Waals surface area (Å²) in [7, 11) is 0. The molecule has 0 aliphatic heterocycles. The van der Waals surface area contributed by atoms with Gasteiger partial charge in [0.05, 0.1) is 12.2 Å². The molecule has 5 nitrogen and oxygen atoms in total. The molecule has 0 aliphatic rings. The van der Waals surface area contributed by atoms with E-state index in [4.69, 9.17) is 21.1 Å². The Kier molecular flexibility index (Phi) is 6.92. The van der Waals surface area contributed by atoms with Crippen molar-refractivity contribution in [2.24, 2.45) is 0 Å². The fraction of sp³-hybridized carbons (Fsp3) is 0.385. The molecule has 0 heterocycles. The standard InChI is InChI=1S/C13H16ClNO4/c1-2-18-7-8-19-13(17)10-3-5-11(6-4-10)15-12(16)9-14/h3-6H,2,7-9H2,1H3,(H,15,16). The Morgan fingerprint density at radius 1 is 1.21 bits per heavy atom. The molecule has 0 radical (unpaired) electrons. The van der Waals surface area contributed by atoms with Gasteiger partial charge in [0.15, 0.2) is 0 Å². The summed E-state index contributed by atoms with van der Waals surface area (Å²) in [5.41, 5.74) is 0.997. The van der Waals surface area contributed by atoms with Crippen LogP contribution in [0, 0.1) is 0 Å². The lowest BCUT2D eigenvalue weighted by atomic mass is 10.2. The molecule has 0 aliphatic carbocycles. The molecule has 1 N–H and O–H groups in total. The van der Waals surface area contributed by atoms with E-state index in [1.54, 1.807) is 24.3 Å². The smallest absolute Gasteiger partial charge is 0.338 e. The first-order chi connectivity index (χ1) is 9.17. The van der Waals surface area contributed by atoms with Gasteiger partial charge in [0.1, 0.15) is 12.5 Å². The van der Waals surface area contributed by atoms with Crippen molar-refractivity contribution in [1.82, 2.24) is 0 Å². The van der Waals surface area contributed by atoms with Gasteiger partial charge in [0, 0.05) is 12.3 Å². The number of halogens is 1. The number of hydrogen-bond acceptors (Lipinski definition) is 4. The van der Waals surface area contributed by atoms with Crippen LogP contribution in [0.25, 0.3) is 0 Å². The van der Waals surface area contributed by atoms with Crippen molar-refractivity contribution in [3.8, 4) is 0 Å². The van der Waals surface area contributed by atoms with Crippen molar-refractivity contribution in [1.29, 1.82) is 0 Å². The first kappa shape index (κ1) is 15.5. The lowest BCUT2D eigenvalue weighted by Gasteiger charge is -2.06. The van der Waals surface area contributed by atoms with E-state index in [1.165, 1.54) is 0 Å². The first-order valence-electron chi connectivity index (χ1n) is 5.88. The third kappa shape index (κ3) is 5.72. The molecular weight excluding hydrogens is 270 g/mol. The molecule has 0 bridgehead atoms. The molecule has 6 heteroatoms. The summed E-state index contributed by atoms with van der Waals surface area (Å²) in [5, 5.41) is 2.57. The number of rotatable bonds is 7. The number of hydrogen-bond donors (Lipinski definition) is 1. The van der Waals surface area contributed by atoms with Gasteiger partial charge in [0.2, 0.25) is 5.91 Å². The van der Waals surface area contributed by atoms with E-state index in [1.807, 2.05) is 6.92 Å². The summed E-state index contributed by atoms with van der Waals surface area (Å²) in [6, 6.07) is 6.38. The number of esters is 1. The molecule has 0 fully saturated rings. The van der Waals surface area contributed by atoms with Crippen LogP contribution in [-0.2, 0) is 14.3 Å². The molecule has 1 aromatic rings. The minimum atomic E-state index is -0.421. The predicted octanol–water partition coefficient (Wildman–Crippen LogP) is 2.06. The normalized spacial score (nSPS) is 10.0. The maximum atomic E-state index is 11.6. The van der Waals surface area contributed by atoms with Gasteiger partial charge in [-0.2, -0.15) is 0 Å². The highest BCUT2D eigenvalue weighted by atomic mass is 35.5. The minimum Gasteiger partial charge on any atom is -0.460 e. The van der Waals surface area contributed by atoms with Crippen molar-refractivity contribution in [3.63, 3.8) is 0 Å². The van der Waals surface area contributed by atoms with Crippen LogP contribution in [0.2, 0.25) is 0 Å².